The molecule has 0 atom stereocenters. The van der Waals surface area contributed by atoms with Gasteiger partial charge in [-0.05, 0) is 42.2 Å². The van der Waals surface area contributed by atoms with Crippen molar-refractivity contribution in [2.45, 2.75) is 26.8 Å². The molecule has 0 radical (unpaired) electrons. The van der Waals surface area contributed by atoms with Crippen molar-refractivity contribution in [2.24, 2.45) is 0 Å². The van der Waals surface area contributed by atoms with Crippen LogP contribution < -0.4 is 10.1 Å². The molecule has 2 aromatic rings. The molecule has 0 aliphatic rings. The maximum Gasteiger partial charge on any atom is 0.224 e. The molecule has 21 heavy (non-hydrogen) atoms. The molecule has 1 heterocycles. The normalized spacial score (nSPS) is 10.2. The predicted octanol–water partition coefficient (Wildman–Crippen LogP) is 2.57. The molecule has 1 aromatic carbocycles. The smallest absolute Gasteiger partial charge is 0.224 e. The van der Waals surface area contributed by atoms with Gasteiger partial charge in [-0.3, -0.25) is 4.79 Å². The van der Waals surface area contributed by atoms with Crippen LogP contribution in [0.4, 0.5) is 0 Å². The van der Waals surface area contributed by atoms with Crippen molar-refractivity contribution >= 4 is 5.91 Å². The molecule has 0 unspecified atom stereocenters. The number of carbonyl (C=O) groups excluding carboxylic acids is 1. The quantitative estimate of drug-likeness (QED) is 0.918. The first-order valence-electron chi connectivity index (χ1n) is 6.90. The molecule has 0 saturated carbocycles. The van der Waals surface area contributed by atoms with Crippen molar-refractivity contribution in [3.05, 3.63) is 58.8 Å². The van der Waals surface area contributed by atoms with Crippen LogP contribution in [0.15, 0.2) is 36.5 Å². The Morgan fingerprint density at radius 2 is 1.95 bits per heavy atom. The maximum absolute atomic E-state index is 12.0. The van der Waals surface area contributed by atoms with Crippen molar-refractivity contribution in [2.75, 3.05) is 7.11 Å². The highest BCUT2D eigenvalue weighted by molar-refractivity contribution is 5.78. The minimum atomic E-state index is 0.00836. The molecule has 0 aliphatic carbocycles. The molecule has 110 valence electrons. The van der Waals surface area contributed by atoms with E-state index in [2.05, 4.69) is 30.2 Å². The average molecular weight is 284 g/mol. The largest absolute Gasteiger partial charge is 0.481 e. The maximum atomic E-state index is 12.0. The Morgan fingerprint density at radius 1 is 1.14 bits per heavy atom. The van der Waals surface area contributed by atoms with Gasteiger partial charge in [-0.25, -0.2) is 4.98 Å². The molecule has 0 saturated heterocycles. The van der Waals surface area contributed by atoms with E-state index in [0.717, 1.165) is 11.1 Å². The number of hydrogen-bond donors (Lipinski definition) is 1. The van der Waals surface area contributed by atoms with Gasteiger partial charge in [0.05, 0.1) is 13.5 Å². The van der Waals surface area contributed by atoms with Crippen molar-refractivity contribution in [3.8, 4) is 5.88 Å². The van der Waals surface area contributed by atoms with Crippen LogP contribution in [-0.2, 0) is 17.8 Å². The second-order valence-electron chi connectivity index (χ2n) is 5.08. The lowest BCUT2D eigenvalue weighted by Crippen LogP contribution is -2.24. The molecule has 0 aliphatic heterocycles. The van der Waals surface area contributed by atoms with Gasteiger partial charge in [0, 0.05) is 18.8 Å². The molecule has 2 rings (SSSR count). The van der Waals surface area contributed by atoms with Gasteiger partial charge < -0.3 is 10.1 Å². The van der Waals surface area contributed by atoms with Crippen molar-refractivity contribution < 1.29 is 9.53 Å². The fraction of sp³-hybridized carbons (Fsp3) is 0.294. The lowest BCUT2D eigenvalue weighted by molar-refractivity contribution is -0.120. The van der Waals surface area contributed by atoms with Gasteiger partial charge in [-0.1, -0.05) is 18.2 Å². The van der Waals surface area contributed by atoms with Crippen LogP contribution in [0.1, 0.15) is 22.3 Å². The number of pyridine rings is 1. The number of hydrogen-bond acceptors (Lipinski definition) is 3. The molecule has 0 fully saturated rings. The van der Waals surface area contributed by atoms with Gasteiger partial charge in [0.25, 0.3) is 0 Å². The zero-order chi connectivity index (χ0) is 15.2. The van der Waals surface area contributed by atoms with Crippen LogP contribution >= 0.6 is 0 Å². The first-order valence-corrected chi connectivity index (χ1v) is 6.90. The minimum Gasteiger partial charge on any atom is -0.481 e. The fourth-order valence-electron chi connectivity index (χ4n) is 2.03. The summed E-state index contributed by atoms with van der Waals surface area (Å²) < 4.78 is 5.06. The highest BCUT2D eigenvalue weighted by Crippen LogP contribution is 2.11. The Morgan fingerprint density at radius 3 is 2.67 bits per heavy atom. The third-order valence-electron chi connectivity index (χ3n) is 3.43. The highest BCUT2D eigenvalue weighted by Gasteiger charge is 2.05. The zero-order valence-electron chi connectivity index (χ0n) is 12.6. The number of benzene rings is 1. The van der Waals surface area contributed by atoms with E-state index in [1.54, 1.807) is 13.3 Å². The van der Waals surface area contributed by atoms with Gasteiger partial charge in [0.2, 0.25) is 11.8 Å². The molecule has 4 heteroatoms. The zero-order valence-corrected chi connectivity index (χ0v) is 12.6. The number of nitrogens with zero attached hydrogens (tertiary/aromatic N) is 1. The van der Waals surface area contributed by atoms with Crippen LogP contribution in [0.25, 0.3) is 0 Å². The monoisotopic (exact) mass is 284 g/mol. The third kappa shape index (κ3) is 4.31. The van der Waals surface area contributed by atoms with Gasteiger partial charge in [-0.2, -0.15) is 0 Å². The molecule has 0 spiro atoms. The summed E-state index contributed by atoms with van der Waals surface area (Å²) >= 11 is 0. The summed E-state index contributed by atoms with van der Waals surface area (Å²) in [6.45, 7) is 4.60. The van der Waals surface area contributed by atoms with E-state index in [4.69, 9.17) is 4.74 Å². The highest BCUT2D eigenvalue weighted by atomic mass is 16.5. The lowest BCUT2D eigenvalue weighted by Gasteiger charge is -2.08. The van der Waals surface area contributed by atoms with Crippen LogP contribution in [0.3, 0.4) is 0 Å². The van der Waals surface area contributed by atoms with E-state index < -0.39 is 0 Å². The molecule has 1 aromatic heterocycles. The molecular formula is C17H20N2O2. The Kier molecular flexibility index (Phi) is 4.93. The van der Waals surface area contributed by atoms with Crippen LogP contribution in [0, 0.1) is 13.8 Å². The number of methoxy groups -OCH3 is 1. The number of carbonyl (C=O) groups is 1. The number of ether oxygens (including phenoxy) is 1. The van der Waals surface area contributed by atoms with Crippen molar-refractivity contribution in [1.29, 1.82) is 0 Å². The van der Waals surface area contributed by atoms with Gasteiger partial charge >= 0.3 is 0 Å². The number of amides is 1. The number of aryl methyl sites for hydroxylation is 2. The number of aromatic nitrogens is 1. The Labute approximate surface area is 125 Å². The third-order valence-corrected chi connectivity index (χ3v) is 3.43. The molecule has 1 N–H and O–H groups in total. The predicted molar refractivity (Wildman–Crippen MR) is 82.3 cm³/mol. The van der Waals surface area contributed by atoms with Crippen molar-refractivity contribution in [1.82, 2.24) is 10.3 Å². The van der Waals surface area contributed by atoms with E-state index >= 15 is 0 Å². The summed E-state index contributed by atoms with van der Waals surface area (Å²) in [6.07, 6.45) is 2.06. The molecule has 4 nitrogen and oxygen atoms in total. The Hall–Kier alpha value is -2.36. The van der Waals surface area contributed by atoms with Crippen LogP contribution in [-0.4, -0.2) is 18.0 Å². The van der Waals surface area contributed by atoms with Crippen LogP contribution in [0.2, 0.25) is 0 Å². The first-order chi connectivity index (χ1) is 10.1. The van der Waals surface area contributed by atoms with Gasteiger partial charge in [0.15, 0.2) is 0 Å². The van der Waals surface area contributed by atoms with Gasteiger partial charge in [-0.15, -0.1) is 0 Å². The van der Waals surface area contributed by atoms with E-state index in [1.807, 2.05) is 24.3 Å². The first kappa shape index (κ1) is 15.0. The summed E-state index contributed by atoms with van der Waals surface area (Å²) in [5.41, 5.74) is 4.44. The molecule has 0 bridgehead atoms. The van der Waals surface area contributed by atoms with Crippen molar-refractivity contribution in [3.63, 3.8) is 0 Å². The summed E-state index contributed by atoms with van der Waals surface area (Å²) in [6, 6.07) is 9.78. The Balaban J connectivity index is 1.91. The molecule has 1 amide bonds. The van der Waals surface area contributed by atoms with Gasteiger partial charge in [0.1, 0.15) is 0 Å². The van der Waals surface area contributed by atoms with E-state index in [-0.39, 0.29) is 5.91 Å². The second kappa shape index (κ2) is 6.88. The lowest BCUT2D eigenvalue weighted by atomic mass is 10.0. The molecular weight excluding hydrogens is 264 g/mol. The fourth-order valence-corrected chi connectivity index (χ4v) is 2.03. The standard InChI is InChI=1S/C17H20N2O2/c1-12-4-5-14(8-13(12)2)9-16(20)19-11-15-6-7-18-17(10-15)21-3/h4-8,10H,9,11H2,1-3H3,(H,19,20). The summed E-state index contributed by atoms with van der Waals surface area (Å²) in [5.74, 6) is 0.560. The average Bonchev–Trinajstić information content (AvgIpc) is 2.49. The van der Waals surface area contributed by atoms with Crippen LogP contribution in [0.5, 0.6) is 5.88 Å². The second-order valence-corrected chi connectivity index (χ2v) is 5.08. The van der Waals surface area contributed by atoms with E-state index in [0.29, 0.717) is 18.8 Å². The summed E-state index contributed by atoms with van der Waals surface area (Å²) in [4.78, 5) is 16.0. The summed E-state index contributed by atoms with van der Waals surface area (Å²) in [7, 11) is 1.57. The topological polar surface area (TPSA) is 51.2 Å². The minimum absolute atomic E-state index is 0.00836. The number of nitrogens with one attached hydrogen (secondary N) is 1. The number of rotatable bonds is 5. The summed E-state index contributed by atoms with van der Waals surface area (Å²) in [5, 5.41) is 2.91. The van der Waals surface area contributed by atoms with E-state index in [1.165, 1.54) is 11.1 Å². The van der Waals surface area contributed by atoms with E-state index in [9.17, 15) is 4.79 Å². The SMILES string of the molecule is COc1cc(CNC(=O)Cc2ccc(C)c(C)c2)ccn1. The Bertz CT molecular complexity index is 638.